The molecule has 196 valence electrons. The number of benzene rings is 1. The van der Waals surface area contributed by atoms with E-state index in [4.69, 9.17) is 38.4 Å². The highest BCUT2D eigenvalue weighted by Crippen LogP contribution is 2.45. The predicted octanol–water partition coefficient (Wildman–Crippen LogP) is 3.13. The van der Waals surface area contributed by atoms with E-state index in [0.29, 0.717) is 54.3 Å². The number of anilines is 1. The second-order valence-corrected chi connectivity index (χ2v) is 9.32. The van der Waals surface area contributed by atoms with Gasteiger partial charge in [-0.3, -0.25) is 14.2 Å². The van der Waals surface area contributed by atoms with Crippen molar-refractivity contribution in [3.05, 3.63) is 51.4 Å². The lowest BCUT2D eigenvalue weighted by atomic mass is 10.0. The number of halogens is 2. The van der Waals surface area contributed by atoms with E-state index in [2.05, 4.69) is 21.9 Å². The third-order valence-electron chi connectivity index (χ3n) is 6.44. The number of likely N-dealkylation sites (tertiary alicyclic amines) is 1. The van der Waals surface area contributed by atoms with Crippen molar-refractivity contribution in [3.63, 3.8) is 0 Å². The van der Waals surface area contributed by atoms with Gasteiger partial charge in [-0.25, -0.2) is 4.98 Å². The predicted molar refractivity (Wildman–Crippen MR) is 145 cm³/mol. The Bertz CT molecular complexity index is 1370. The molecule has 3 N–H and O–H groups in total. The minimum absolute atomic E-state index is 0.0553. The fourth-order valence-corrected chi connectivity index (χ4v) is 5.20. The average Bonchev–Trinajstić information content (AvgIpc) is 2.90. The van der Waals surface area contributed by atoms with Gasteiger partial charge in [0.1, 0.15) is 17.1 Å². The summed E-state index contributed by atoms with van der Waals surface area (Å²) in [4.78, 5) is 35.8. The summed E-state index contributed by atoms with van der Waals surface area (Å²) >= 11 is 13.2. The molecule has 10 nitrogen and oxygen atoms in total. The maximum atomic E-state index is 13.8. The van der Waals surface area contributed by atoms with Crippen LogP contribution in [0.25, 0.3) is 22.2 Å². The molecule has 1 aliphatic heterocycles. The first kappa shape index (κ1) is 26.7. The molecule has 3 aromatic rings. The Hall–Kier alpha value is -3.34. The van der Waals surface area contributed by atoms with E-state index in [1.165, 1.54) is 24.9 Å². The van der Waals surface area contributed by atoms with Crippen molar-refractivity contribution in [2.45, 2.75) is 25.4 Å². The number of methoxy groups -OCH3 is 2. The molecule has 1 amide bonds. The van der Waals surface area contributed by atoms with Crippen LogP contribution < -0.4 is 26.1 Å². The molecule has 1 saturated heterocycles. The van der Waals surface area contributed by atoms with E-state index in [1.807, 2.05) is 0 Å². The first-order valence-corrected chi connectivity index (χ1v) is 12.5. The van der Waals surface area contributed by atoms with Crippen LogP contribution in [0.5, 0.6) is 11.5 Å². The number of ether oxygens (including phenoxy) is 2. The Balaban J connectivity index is 1.68. The van der Waals surface area contributed by atoms with Gasteiger partial charge in [0.05, 0.1) is 29.8 Å². The van der Waals surface area contributed by atoms with Gasteiger partial charge in [0, 0.05) is 55.4 Å². The number of nitrogen functional groups attached to an aromatic ring is 1. The van der Waals surface area contributed by atoms with Crippen LogP contribution in [0.15, 0.2) is 35.8 Å². The number of piperidine rings is 1. The monoisotopic (exact) mass is 546 g/mol. The number of carbonyl (C=O) groups excluding carboxylic acids is 1. The van der Waals surface area contributed by atoms with Crippen LogP contribution in [0.4, 0.5) is 5.95 Å². The number of hydrogen-bond donors (Lipinski definition) is 2. The Morgan fingerprint density at radius 1 is 1.22 bits per heavy atom. The maximum absolute atomic E-state index is 13.8. The Kier molecular flexibility index (Phi) is 8.21. The van der Waals surface area contributed by atoms with Crippen molar-refractivity contribution in [3.8, 4) is 22.6 Å². The quantitative estimate of drug-likeness (QED) is 0.413. The summed E-state index contributed by atoms with van der Waals surface area (Å²) in [6.45, 7) is 5.65. The molecule has 1 aliphatic rings. The molecule has 3 heterocycles. The Morgan fingerprint density at radius 2 is 1.86 bits per heavy atom. The van der Waals surface area contributed by atoms with Crippen LogP contribution >= 0.6 is 23.2 Å². The molecule has 37 heavy (non-hydrogen) atoms. The van der Waals surface area contributed by atoms with E-state index in [0.717, 1.165) is 12.8 Å². The van der Waals surface area contributed by atoms with Gasteiger partial charge in [0.25, 0.3) is 5.56 Å². The first-order chi connectivity index (χ1) is 17.8. The second kappa shape index (κ2) is 11.4. The van der Waals surface area contributed by atoms with Gasteiger partial charge >= 0.3 is 0 Å². The van der Waals surface area contributed by atoms with Crippen molar-refractivity contribution in [1.82, 2.24) is 24.8 Å². The minimum atomic E-state index is -0.349. The number of nitrogens with one attached hydrogen (secondary N) is 1. The molecule has 12 heteroatoms. The zero-order valence-electron chi connectivity index (χ0n) is 20.6. The number of carbonyl (C=O) groups is 1. The van der Waals surface area contributed by atoms with Gasteiger partial charge in [-0.05, 0) is 25.0 Å². The molecule has 1 aromatic carbocycles. The molecule has 0 radical (unpaired) electrons. The summed E-state index contributed by atoms with van der Waals surface area (Å²) < 4.78 is 12.3. The van der Waals surface area contributed by atoms with Gasteiger partial charge in [-0.15, -0.1) is 0 Å². The van der Waals surface area contributed by atoms with Crippen molar-refractivity contribution in [2.24, 2.45) is 0 Å². The van der Waals surface area contributed by atoms with Crippen LogP contribution in [0.3, 0.4) is 0 Å². The number of aromatic nitrogens is 3. The zero-order valence-corrected chi connectivity index (χ0v) is 22.1. The highest BCUT2D eigenvalue weighted by molar-refractivity contribution is 6.41. The van der Waals surface area contributed by atoms with E-state index in [-0.39, 0.29) is 39.1 Å². The minimum Gasteiger partial charge on any atom is -0.495 e. The van der Waals surface area contributed by atoms with E-state index in [1.54, 1.807) is 23.2 Å². The molecular weight excluding hydrogens is 519 g/mol. The second-order valence-electron chi connectivity index (χ2n) is 8.56. The standard InChI is InChI=1S/C25H28Cl2N6O4/c1-4-19(34)32-8-5-15(6-9-32)29-7-10-33-23-14(13-30-25(28)31-23)11-16(24(33)35)20-21(26)17(36-2)12-18(37-3)22(20)27/h4,11-13,15,29H,1,5-10H2,2-3H3,(H2,28,30,31). The Morgan fingerprint density at radius 3 is 2.46 bits per heavy atom. The van der Waals surface area contributed by atoms with Crippen molar-refractivity contribution in [1.29, 1.82) is 0 Å². The third kappa shape index (κ3) is 5.36. The first-order valence-electron chi connectivity index (χ1n) is 11.7. The molecule has 0 bridgehead atoms. The van der Waals surface area contributed by atoms with Gasteiger partial charge in [0.15, 0.2) is 0 Å². The smallest absolute Gasteiger partial charge is 0.260 e. The van der Waals surface area contributed by atoms with Gasteiger partial charge in [0.2, 0.25) is 11.9 Å². The third-order valence-corrected chi connectivity index (χ3v) is 7.19. The Labute approximate surface area is 224 Å². The molecule has 0 unspecified atom stereocenters. The summed E-state index contributed by atoms with van der Waals surface area (Å²) in [5.74, 6) is 0.637. The molecule has 0 spiro atoms. The topological polar surface area (TPSA) is 125 Å². The number of nitrogens with zero attached hydrogens (tertiary/aromatic N) is 4. The average molecular weight is 547 g/mol. The van der Waals surface area contributed by atoms with Crippen LogP contribution in [0.2, 0.25) is 10.0 Å². The molecule has 1 fully saturated rings. The zero-order chi connectivity index (χ0) is 26.7. The maximum Gasteiger partial charge on any atom is 0.260 e. The SMILES string of the molecule is C=CC(=O)N1CCC(NCCn2c(=O)c(-c3c(Cl)c(OC)cc(OC)c3Cl)cc3cnc(N)nc32)CC1. The molecule has 0 saturated carbocycles. The van der Waals surface area contributed by atoms with E-state index < -0.39 is 0 Å². The lowest BCUT2D eigenvalue weighted by molar-refractivity contribution is -0.127. The van der Waals surface area contributed by atoms with Crippen LogP contribution in [0.1, 0.15) is 12.8 Å². The van der Waals surface area contributed by atoms with Crippen molar-refractivity contribution in [2.75, 3.05) is 39.6 Å². The summed E-state index contributed by atoms with van der Waals surface area (Å²) in [6.07, 6.45) is 4.50. The fraction of sp³-hybridized carbons (Fsp3) is 0.360. The number of pyridine rings is 1. The summed E-state index contributed by atoms with van der Waals surface area (Å²) in [7, 11) is 2.94. The normalized spacial score (nSPS) is 14.1. The van der Waals surface area contributed by atoms with E-state index >= 15 is 0 Å². The van der Waals surface area contributed by atoms with Crippen molar-refractivity contribution < 1.29 is 14.3 Å². The van der Waals surface area contributed by atoms with Gasteiger partial charge in [-0.1, -0.05) is 29.8 Å². The summed E-state index contributed by atoms with van der Waals surface area (Å²) in [5, 5.41) is 4.45. The number of hydrogen-bond acceptors (Lipinski definition) is 8. The lowest BCUT2D eigenvalue weighted by Gasteiger charge is -2.32. The summed E-state index contributed by atoms with van der Waals surface area (Å²) in [6, 6.07) is 3.42. The number of amides is 1. The number of nitrogens with two attached hydrogens (primary N) is 1. The highest BCUT2D eigenvalue weighted by atomic mass is 35.5. The van der Waals surface area contributed by atoms with Gasteiger partial charge < -0.3 is 25.4 Å². The van der Waals surface area contributed by atoms with Crippen molar-refractivity contribution >= 4 is 46.1 Å². The highest BCUT2D eigenvalue weighted by Gasteiger charge is 2.24. The van der Waals surface area contributed by atoms with Gasteiger partial charge in [-0.2, -0.15) is 4.98 Å². The van der Waals surface area contributed by atoms with Crippen LogP contribution in [-0.2, 0) is 11.3 Å². The largest absolute Gasteiger partial charge is 0.495 e. The summed E-state index contributed by atoms with van der Waals surface area (Å²) in [5.41, 5.74) is 6.44. The van der Waals surface area contributed by atoms with E-state index in [9.17, 15) is 9.59 Å². The lowest BCUT2D eigenvalue weighted by Crippen LogP contribution is -2.45. The van der Waals surface area contributed by atoms with Crippen LogP contribution in [0, 0.1) is 0 Å². The molecule has 2 aromatic heterocycles. The molecule has 0 aliphatic carbocycles. The van der Waals surface area contributed by atoms with Crippen LogP contribution in [-0.4, -0.2) is 65.2 Å². The number of rotatable bonds is 8. The molecule has 4 rings (SSSR count). The number of fused-ring (bicyclic) bond motifs is 1. The fourth-order valence-electron chi connectivity index (χ4n) is 4.49. The molecular formula is C25H28Cl2N6O4. The molecule has 0 atom stereocenters.